The molecule has 192 valence electrons. The van der Waals surface area contributed by atoms with Crippen LogP contribution in [0.2, 0.25) is 0 Å². The molecule has 2 aromatic rings. The van der Waals surface area contributed by atoms with E-state index in [2.05, 4.69) is 13.8 Å². The summed E-state index contributed by atoms with van der Waals surface area (Å²) >= 11 is 0. The van der Waals surface area contributed by atoms with Crippen LogP contribution >= 0.6 is 0 Å². The van der Waals surface area contributed by atoms with Gasteiger partial charge in [0.2, 0.25) is 0 Å². The van der Waals surface area contributed by atoms with Crippen LogP contribution in [0.3, 0.4) is 0 Å². The van der Waals surface area contributed by atoms with Crippen molar-refractivity contribution >= 4 is 11.6 Å². The third kappa shape index (κ3) is 4.76. The van der Waals surface area contributed by atoms with Gasteiger partial charge in [-0.2, -0.15) is 13.2 Å². The van der Waals surface area contributed by atoms with Gasteiger partial charge in [-0.1, -0.05) is 58.1 Å². The van der Waals surface area contributed by atoms with Crippen molar-refractivity contribution in [1.29, 1.82) is 0 Å². The van der Waals surface area contributed by atoms with E-state index in [1.165, 1.54) is 12.1 Å². The average Bonchev–Trinajstić information content (AvgIpc) is 3.37. The number of aromatic nitrogens is 1. The Hall–Kier alpha value is -2.50. The summed E-state index contributed by atoms with van der Waals surface area (Å²) in [5.41, 5.74) is 2.87. The van der Waals surface area contributed by atoms with Crippen molar-refractivity contribution in [2.45, 2.75) is 102 Å². The molecule has 1 aromatic heterocycles. The maximum absolute atomic E-state index is 14.1. The molecular formula is C30H34F3NO2. The van der Waals surface area contributed by atoms with Gasteiger partial charge in [-0.15, -0.1) is 0 Å². The predicted octanol–water partition coefficient (Wildman–Crippen LogP) is 8.19. The minimum atomic E-state index is -4.46. The number of pyridine rings is 1. The number of carbonyl (C=O) groups is 2. The molecule has 36 heavy (non-hydrogen) atoms. The van der Waals surface area contributed by atoms with E-state index in [0.717, 1.165) is 86.9 Å². The standard InChI is InChI=1S/C30H34F3NO2/c1-29(2)16-22-25(23(35)17-29)24(18-8-4-3-5-9-18)26(27(34-22)19-10-6-7-11-19)28(36)20-12-14-21(15-13-20)30(31,32)33/h12-15,18-19H,3-11,16-17H2,1-2H3. The molecular weight excluding hydrogens is 463 g/mol. The maximum atomic E-state index is 14.1. The number of Topliss-reactive ketones (excluding diaryl/α,β-unsaturated/α-hetero) is 1. The summed E-state index contributed by atoms with van der Waals surface area (Å²) in [4.78, 5) is 32.8. The molecule has 0 unspecified atom stereocenters. The highest BCUT2D eigenvalue weighted by Gasteiger charge is 2.40. The first-order chi connectivity index (χ1) is 17.0. The van der Waals surface area contributed by atoms with Crippen molar-refractivity contribution in [3.8, 4) is 0 Å². The number of hydrogen-bond donors (Lipinski definition) is 0. The predicted molar refractivity (Wildman–Crippen MR) is 133 cm³/mol. The van der Waals surface area contributed by atoms with E-state index in [4.69, 9.17) is 4.98 Å². The lowest BCUT2D eigenvalue weighted by atomic mass is 9.69. The van der Waals surface area contributed by atoms with Gasteiger partial charge in [0.15, 0.2) is 11.6 Å². The molecule has 5 rings (SSSR count). The number of alkyl halides is 3. The van der Waals surface area contributed by atoms with Crippen LogP contribution in [-0.2, 0) is 12.6 Å². The molecule has 0 spiro atoms. The molecule has 1 aromatic carbocycles. The second kappa shape index (κ2) is 9.42. The maximum Gasteiger partial charge on any atom is 0.416 e. The van der Waals surface area contributed by atoms with E-state index in [9.17, 15) is 22.8 Å². The summed E-state index contributed by atoms with van der Waals surface area (Å²) < 4.78 is 39.5. The van der Waals surface area contributed by atoms with Crippen molar-refractivity contribution in [3.05, 3.63) is 63.5 Å². The van der Waals surface area contributed by atoms with Gasteiger partial charge in [-0.3, -0.25) is 14.6 Å². The molecule has 1 heterocycles. The summed E-state index contributed by atoms with van der Waals surface area (Å²) in [5, 5.41) is 0. The Balaban J connectivity index is 1.73. The lowest BCUT2D eigenvalue weighted by Crippen LogP contribution is -2.32. The third-order valence-electron chi connectivity index (χ3n) is 8.36. The van der Waals surface area contributed by atoms with Gasteiger partial charge in [0, 0.05) is 29.0 Å². The van der Waals surface area contributed by atoms with Crippen molar-refractivity contribution < 1.29 is 22.8 Å². The number of halogens is 3. The molecule has 3 aliphatic carbocycles. The van der Waals surface area contributed by atoms with Gasteiger partial charge in [-0.05, 0) is 61.1 Å². The van der Waals surface area contributed by atoms with E-state index in [0.29, 0.717) is 24.0 Å². The third-order valence-corrected chi connectivity index (χ3v) is 8.36. The zero-order chi connectivity index (χ0) is 25.7. The fraction of sp³-hybridized carbons (Fsp3) is 0.567. The first-order valence-corrected chi connectivity index (χ1v) is 13.4. The Kier molecular flexibility index (Phi) is 6.59. The molecule has 3 nitrogen and oxygen atoms in total. The molecule has 2 fully saturated rings. The van der Waals surface area contributed by atoms with Crippen molar-refractivity contribution in [1.82, 2.24) is 4.98 Å². The van der Waals surface area contributed by atoms with Gasteiger partial charge < -0.3 is 0 Å². The summed E-state index contributed by atoms with van der Waals surface area (Å²) in [7, 11) is 0. The van der Waals surface area contributed by atoms with Crippen LogP contribution in [0.25, 0.3) is 0 Å². The van der Waals surface area contributed by atoms with Crippen molar-refractivity contribution in [3.63, 3.8) is 0 Å². The largest absolute Gasteiger partial charge is 0.416 e. The first kappa shape index (κ1) is 25.2. The fourth-order valence-electron chi connectivity index (χ4n) is 6.64. The molecule has 6 heteroatoms. The van der Waals surface area contributed by atoms with Crippen LogP contribution < -0.4 is 0 Å². The molecule has 0 amide bonds. The first-order valence-electron chi connectivity index (χ1n) is 13.4. The SMILES string of the molecule is CC1(C)CC(=O)c2c(nc(C3CCCC3)c(C(=O)c3ccc(C(F)(F)F)cc3)c2C2CCCCC2)C1. The lowest BCUT2D eigenvalue weighted by molar-refractivity contribution is -0.137. The Bertz CT molecular complexity index is 1170. The normalized spacial score (nSPS) is 21.0. The van der Waals surface area contributed by atoms with E-state index in [1.54, 1.807) is 0 Å². The molecule has 0 bridgehead atoms. The average molecular weight is 498 g/mol. The topological polar surface area (TPSA) is 47.0 Å². The number of benzene rings is 1. The van der Waals surface area contributed by atoms with E-state index < -0.39 is 11.7 Å². The van der Waals surface area contributed by atoms with Gasteiger partial charge in [0.25, 0.3) is 0 Å². The molecule has 3 aliphatic rings. The Morgan fingerprint density at radius 2 is 1.47 bits per heavy atom. The smallest absolute Gasteiger partial charge is 0.294 e. The van der Waals surface area contributed by atoms with E-state index in [1.807, 2.05) is 0 Å². The number of fused-ring (bicyclic) bond motifs is 1. The lowest BCUT2D eigenvalue weighted by Gasteiger charge is -2.35. The summed E-state index contributed by atoms with van der Waals surface area (Å²) in [6.45, 7) is 4.18. The van der Waals surface area contributed by atoms with Gasteiger partial charge in [0.1, 0.15) is 0 Å². The highest BCUT2D eigenvalue weighted by Crippen LogP contribution is 2.46. The summed E-state index contributed by atoms with van der Waals surface area (Å²) in [6, 6.07) is 4.50. The summed E-state index contributed by atoms with van der Waals surface area (Å²) in [5.74, 6) is 0.00768. The van der Waals surface area contributed by atoms with Crippen LogP contribution in [0.4, 0.5) is 13.2 Å². The van der Waals surface area contributed by atoms with E-state index >= 15 is 0 Å². The zero-order valence-corrected chi connectivity index (χ0v) is 21.1. The second-order valence-corrected chi connectivity index (χ2v) is 11.8. The molecule has 0 N–H and O–H groups in total. The van der Waals surface area contributed by atoms with Crippen LogP contribution in [0.5, 0.6) is 0 Å². The number of nitrogens with zero attached hydrogens (tertiary/aromatic N) is 1. The molecule has 2 saturated carbocycles. The number of rotatable bonds is 4. The number of hydrogen-bond acceptors (Lipinski definition) is 3. The Morgan fingerprint density at radius 1 is 0.889 bits per heavy atom. The molecule has 0 aliphatic heterocycles. The van der Waals surface area contributed by atoms with Crippen molar-refractivity contribution in [2.24, 2.45) is 5.41 Å². The van der Waals surface area contributed by atoms with Gasteiger partial charge in [0.05, 0.1) is 17.0 Å². The fourth-order valence-corrected chi connectivity index (χ4v) is 6.64. The minimum absolute atomic E-state index is 0.0498. The monoisotopic (exact) mass is 497 g/mol. The van der Waals surface area contributed by atoms with Crippen LogP contribution in [0, 0.1) is 5.41 Å². The highest BCUT2D eigenvalue weighted by atomic mass is 19.4. The highest BCUT2D eigenvalue weighted by molar-refractivity contribution is 6.13. The number of ketones is 2. The van der Waals surface area contributed by atoms with Crippen LogP contribution in [-0.4, -0.2) is 16.6 Å². The van der Waals surface area contributed by atoms with Crippen LogP contribution in [0.15, 0.2) is 24.3 Å². The molecule has 0 saturated heterocycles. The Labute approximate surface area is 210 Å². The van der Waals surface area contributed by atoms with Gasteiger partial charge >= 0.3 is 6.18 Å². The minimum Gasteiger partial charge on any atom is -0.294 e. The quantitative estimate of drug-likeness (QED) is 0.400. The molecule has 0 atom stereocenters. The van der Waals surface area contributed by atoms with Crippen molar-refractivity contribution in [2.75, 3.05) is 0 Å². The van der Waals surface area contributed by atoms with Crippen LogP contribution in [0.1, 0.15) is 139 Å². The number of carbonyl (C=O) groups excluding carboxylic acids is 2. The second-order valence-electron chi connectivity index (χ2n) is 11.8. The van der Waals surface area contributed by atoms with E-state index in [-0.39, 0.29) is 34.4 Å². The van der Waals surface area contributed by atoms with Gasteiger partial charge in [-0.25, -0.2) is 0 Å². The summed E-state index contributed by atoms with van der Waals surface area (Å²) in [6.07, 6.45) is 5.76. The molecule has 0 radical (unpaired) electrons. The Morgan fingerprint density at radius 3 is 2.08 bits per heavy atom. The zero-order valence-electron chi connectivity index (χ0n) is 21.1.